The summed E-state index contributed by atoms with van der Waals surface area (Å²) in [4.78, 5) is 26.1. The lowest BCUT2D eigenvalue weighted by Gasteiger charge is -2.06. The minimum absolute atomic E-state index is 0.207. The van der Waals surface area contributed by atoms with Crippen LogP contribution in [0.1, 0.15) is 26.3 Å². The third-order valence-electron chi connectivity index (χ3n) is 3.32. The van der Waals surface area contributed by atoms with Crippen molar-refractivity contribution in [1.82, 2.24) is 4.90 Å². The minimum Gasteiger partial charge on any atom is -0.277 e. The average Bonchev–Trinajstić information content (AvgIpc) is 2.72. The van der Waals surface area contributed by atoms with Gasteiger partial charge in [0.1, 0.15) is 0 Å². The quantitative estimate of drug-likeness (QED) is 0.641. The number of imide groups is 1. The van der Waals surface area contributed by atoms with E-state index in [1.165, 1.54) is 17.5 Å². The van der Waals surface area contributed by atoms with Crippen molar-refractivity contribution < 1.29 is 9.59 Å². The lowest BCUT2D eigenvalue weighted by molar-refractivity contribution is 0.0692. The first-order valence-corrected chi connectivity index (χ1v) is 7.29. The van der Waals surface area contributed by atoms with Crippen LogP contribution in [-0.2, 0) is 5.75 Å². The second kappa shape index (κ2) is 5.13. The van der Waals surface area contributed by atoms with E-state index in [1.54, 1.807) is 17.8 Å². The molecule has 0 radical (unpaired) electrons. The van der Waals surface area contributed by atoms with Gasteiger partial charge < -0.3 is 0 Å². The summed E-state index contributed by atoms with van der Waals surface area (Å²) in [5.41, 5.74) is 2.25. The molecule has 0 bridgehead atoms. The van der Waals surface area contributed by atoms with Gasteiger partial charge in [-0.1, -0.05) is 36.4 Å². The summed E-state index contributed by atoms with van der Waals surface area (Å²) in [6, 6.07) is 15.5. The van der Waals surface area contributed by atoms with Gasteiger partial charge in [-0.05, 0) is 17.7 Å². The highest BCUT2D eigenvalue weighted by Gasteiger charge is 2.34. The molecule has 0 spiro atoms. The molecule has 3 nitrogen and oxygen atoms in total. The van der Waals surface area contributed by atoms with Gasteiger partial charge in [0, 0.05) is 17.7 Å². The van der Waals surface area contributed by atoms with E-state index >= 15 is 0 Å². The molecule has 100 valence electrons. The van der Waals surface area contributed by atoms with Gasteiger partial charge in [-0.3, -0.25) is 14.5 Å². The number of carbonyl (C=O) groups excluding carboxylic acids is 2. The summed E-state index contributed by atoms with van der Waals surface area (Å²) in [7, 11) is 1.52. The van der Waals surface area contributed by atoms with Crippen LogP contribution in [0.5, 0.6) is 0 Å². The molecule has 0 saturated carbocycles. The van der Waals surface area contributed by atoms with Crippen LogP contribution in [0.3, 0.4) is 0 Å². The van der Waals surface area contributed by atoms with Gasteiger partial charge in [0.25, 0.3) is 11.8 Å². The van der Waals surface area contributed by atoms with Gasteiger partial charge >= 0.3 is 0 Å². The maximum atomic E-state index is 12.1. The Bertz CT molecular complexity index is 682. The monoisotopic (exact) mass is 283 g/mol. The van der Waals surface area contributed by atoms with Crippen molar-refractivity contribution in [3.05, 3.63) is 65.2 Å². The summed E-state index contributed by atoms with van der Waals surface area (Å²) in [5, 5.41) is 0. The average molecular weight is 283 g/mol. The summed E-state index contributed by atoms with van der Waals surface area (Å²) in [5.74, 6) is 0.357. The van der Waals surface area contributed by atoms with Crippen LogP contribution in [0.2, 0.25) is 0 Å². The van der Waals surface area contributed by atoms with E-state index in [2.05, 4.69) is 12.1 Å². The molecule has 4 heteroatoms. The van der Waals surface area contributed by atoms with E-state index in [-0.39, 0.29) is 11.8 Å². The van der Waals surface area contributed by atoms with Gasteiger partial charge in [0.15, 0.2) is 0 Å². The molecule has 0 aliphatic carbocycles. The normalized spacial score (nSPS) is 13.8. The van der Waals surface area contributed by atoms with Crippen LogP contribution in [0.15, 0.2) is 53.4 Å². The van der Waals surface area contributed by atoms with Gasteiger partial charge in [0.2, 0.25) is 0 Å². The number of nitrogens with zero attached hydrogens (tertiary/aromatic N) is 1. The Morgan fingerprint density at radius 1 is 0.950 bits per heavy atom. The molecule has 1 aliphatic heterocycles. The molecule has 0 N–H and O–H groups in total. The van der Waals surface area contributed by atoms with Crippen LogP contribution in [-0.4, -0.2) is 23.8 Å². The van der Waals surface area contributed by atoms with Crippen molar-refractivity contribution >= 4 is 23.6 Å². The number of thioether (sulfide) groups is 1. The first-order chi connectivity index (χ1) is 9.68. The van der Waals surface area contributed by atoms with Crippen LogP contribution in [0.25, 0.3) is 0 Å². The number of amides is 2. The largest absolute Gasteiger partial charge is 0.277 e. The van der Waals surface area contributed by atoms with Crippen molar-refractivity contribution in [3.8, 4) is 0 Å². The van der Waals surface area contributed by atoms with E-state index in [1.807, 2.05) is 30.3 Å². The second-order valence-electron chi connectivity index (χ2n) is 4.62. The highest BCUT2D eigenvalue weighted by Crippen LogP contribution is 2.33. The Kier molecular flexibility index (Phi) is 3.32. The number of rotatable bonds is 3. The Labute approximate surface area is 121 Å². The Balaban J connectivity index is 1.90. The molecular weight excluding hydrogens is 270 g/mol. The lowest BCUT2D eigenvalue weighted by Crippen LogP contribution is -2.24. The zero-order valence-electron chi connectivity index (χ0n) is 11.0. The van der Waals surface area contributed by atoms with Crippen molar-refractivity contribution in [1.29, 1.82) is 0 Å². The Morgan fingerprint density at radius 3 is 2.45 bits per heavy atom. The Morgan fingerprint density at radius 2 is 1.70 bits per heavy atom. The van der Waals surface area contributed by atoms with Gasteiger partial charge in [-0.25, -0.2) is 0 Å². The topological polar surface area (TPSA) is 37.4 Å². The van der Waals surface area contributed by atoms with E-state index in [9.17, 15) is 9.59 Å². The minimum atomic E-state index is -0.216. The van der Waals surface area contributed by atoms with Crippen molar-refractivity contribution in [3.63, 3.8) is 0 Å². The molecule has 1 heterocycles. The van der Waals surface area contributed by atoms with Crippen LogP contribution >= 0.6 is 11.8 Å². The zero-order chi connectivity index (χ0) is 14.1. The molecule has 2 amide bonds. The first kappa shape index (κ1) is 12.9. The molecule has 0 fully saturated rings. The molecule has 20 heavy (non-hydrogen) atoms. The summed E-state index contributed by atoms with van der Waals surface area (Å²) in [6.07, 6.45) is 0. The summed E-state index contributed by atoms with van der Waals surface area (Å²) < 4.78 is 0. The highest BCUT2D eigenvalue weighted by atomic mass is 32.2. The fourth-order valence-corrected chi connectivity index (χ4v) is 3.26. The van der Waals surface area contributed by atoms with Crippen LogP contribution in [0.4, 0.5) is 0 Å². The standard InChI is InChI=1S/C16H13NO2S/c1-17-15(18)12-8-5-9-13(14(12)16(17)19)20-10-11-6-3-2-4-7-11/h2-9H,10H2,1H3. The molecular formula is C16H13NO2S. The number of hydrogen-bond acceptors (Lipinski definition) is 3. The van der Waals surface area contributed by atoms with Gasteiger partial charge in [-0.15, -0.1) is 11.8 Å². The molecule has 0 unspecified atom stereocenters. The summed E-state index contributed by atoms with van der Waals surface area (Å²) >= 11 is 1.59. The zero-order valence-corrected chi connectivity index (χ0v) is 11.8. The summed E-state index contributed by atoms with van der Waals surface area (Å²) in [6.45, 7) is 0. The van der Waals surface area contributed by atoms with Crippen molar-refractivity contribution in [2.24, 2.45) is 0 Å². The van der Waals surface area contributed by atoms with Crippen molar-refractivity contribution in [2.45, 2.75) is 10.6 Å². The molecule has 0 atom stereocenters. The molecule has 2 aromatic rings. The van der Waals surface area contributed by atoms with Crippen LogP contribution in [0, 0.1) is 0 Å². The van der Waals surface area contributed by atoms with E-state index in [0.29, 0.717) is 11.1 Å². The number of fused-ring (bicyclic) bond motifs is 1. The second-order valence-corrected chi connectivity index (χ2v) is 5.64. The molecule has 1 aliphatic rings. The fraction of sp³-hybridized carbons (Fsp3) is 0.125. The van der Waals surface area contributed by atoms with Gasteiger partial charge in [-0.2, -0.15) is 0 Å². The predicted molar refractivity (Wildman–Crippen MR) is 78.9 cm³/mol. The molecule has 3 rings (SSSR count). The maximum absolute atomic E-state index is 12.1. The number of hydrogen-bond donors (Lipinski definition) is 0. The Hall–Kier alpha value is -2.07. The predicted octanol–water partition coefficient (Wildman–Crippen LogP) is 3.20. The fourth-order valence-electron chi connectivity index (χ4n) is 2.23. The van der Waals surface area contributed by atoms with E-state index < -0.39 is 0 Å². The maximum Gasteiger partial charge on any atom is 0.262 e. The van der Waals surface area contributed by atoms with Crippen molar-refractivity contribution in [2.75, 3.05) is 7.05 Å². The van der Waals surface area contributed by atoms with E-state index in [4.69, 9.17) is 0 Å². The van der Waals surface area contributed by atoms with Gasteiger partial charge in [0.05, 0.1) is 11.1 Å². The third kappa shape index (κ3) is 2.12. The number of carbonyl (C=O) groups is 2. The first-order valence-electron chi connectivity index (χ1n) is 6.30. The number of benzene rings is 2. The molecule has 0 saturated heterocycles. The third-order valence-corrected chi connectivity index (χ3v) is 4.45. The van der Waals surface area contributed by atoms with E-state index in [0.717, 1.165) is 10.6 Å². The highest BCUT2D eigenvalue weighted by molar-refractivity contribution is 7.98. The SMILES string of the molecule is CN1C(=O)c2cccc(SCc3ccccc3)c2C1=O. The van der Waals surface area contributed by atoms with Crippen LogP contribution < -0.4 is 0 Å². The molecule has 0 aromatic heterocycles. The molecule has 2 aromatic carbocycles. The smallest absolute Gasteiger partial charge is 0.262 e. The lowest BCUT2D eigenvalue weighted by atomic mass is 10.1.